The number of hydrogen-bond acceptors (Lipinski definition) is 4. The number of rotatable bonds is 5. The van der Waals surface area contributed by atoms with Gasteiger partial charge in [-0.15, -0.1) is 0 Å². The second kappa shape index (κ2) is 6.18. The van der Waals surface area contributed by atoms with Crippen molar-refractivity contribution in [3.8, 4) is 0 Å². The summed E-state index contributed by atoms with van der Waals surface area (Å²) in [7, 11) is 0. The van der Waals surface area contributed by atoms with Crippen molar-refractivity contribution >= 4 is 22.4 Å². The fraction of sp³-hybridized carbons (Fsp3) is 0.692. The van der Waals surface area contributed by atoms with Crippen molar-refractivity contribution in [3.05, 3.63) is 11.1 Å². The molecule has 1 aromatic heterocycles. The van der Waals surface area contributed by atoms with Gasteiger partial charge in [-0.3, -0.25) is 0 Å². The molecular formula is C13H20N2O2S. The summed E-state index contributed by atoms with van der Waals surface area (Å²) in [4.78, 5) is 15.1. The summed E-state index contributed by atoms with van der Waals surface area (Å²) < 4.78 is 0. The Kier molecular flexibility index (Phi) is 4.58. The predicted molar refractivity (Wildman–Crippen MR) is 73.3 cm³/mol. The molecule has 4 nitrogen and oxygen atoms in total. The summed E-state index contributed by atoms with van der Waals surface area (Å²) in [5.74, 6) is 0.782. The number of anilines is 1. The highest BCUT2D eigenvalue weighted by Crippen LogP contribution is 2.30. The second-order valence-electron chi connectivity index (χ2n) is 5.19. The average molecular weight is 268 g/mol. The number of carboxylic acids is 1. The topological polar surface area (TPSA) is 62.2 Å². The maximum Gasteiger partial charge on any atom is 0.347 e. The third-order valence-electron chi connectivity index (χ3n) is 3.59. The summed E-state index contributed by atoms with van der Waals surface area (Å²) in [6.45, 7) is 3.23. The van der Waals surface area contributed by atoms with Crippen molar-refractivity contribution in [1.29, 1.82) is 0 Å². The quantitative estimate of drug-likeness (QED) is 0.858. The molecule has 0 aromatic carbocycles. The van der Waals surface area contributed by atoms with Gasteiger partial charge < -0.3 is 10.4 Å². The van der Waals surface area contributed by atoms with Crippen molar-refractivity contribution in [2.45, 2.75) is 39.0 Å². The summed E-state index contributed by atoms with van der Waals surface area (Å²) >= 11 is 1.21. The van der Waals surface area contributed by atoms with E-state index in [1.54, 1.807) is 0 Å². The molecule has 0 bridgehead atoms. The van der Waals surface area contributed by atoms with Gasteiger partial charge >= 0.3 is 5.97 Å². The molecule has 1 aliphatic rings. The van der Waals surface area contributed by atoms with Crippen LogP contribution in [0.2, 0.25) is 0 Å². The summed E-state index contributed by atoms with van der Waals surface area (Å²) in [6, 6.07) is 0. The maximum atomic E-state index is 10.7. The van der Waals surface area contributed by atoms with E-state index in [1.807, 2.05) is 0 Å². The Hall–Kier alpha value is -1.10. The minimum Gasteiger partial charge on any atom is -0.477 e. The van der Waals surface area contributed by atoms with Crippen LogP contribution in [-0.2, 0) is 0 Å². The lowest BCUT2D eigenvalue weighted by atomic mass is 9.81. The van der Waals surface area contributed by atoms with Crippen molar-refractivity contribution in [1.82, 2.24) is 4.98 Å². The predicted octanol–water partition coefficient (Wildman–Crippen LogP) is 3.47. The van der Waals surface area contributed by atoms with Gasteiger partial charge in [0.15, 0.2) is 5.13 Å². The first-order chi connectivity index (χ1) is 8.65. The van der Waals surface area contributed by atoms with Gasteiger partial charge in [0.25, 0.3) is 0 Å². The molecule has 1 saturated carbocycles. The Bertz CT molecular complexity index is 405. The number of carbonyl (C=O) groups is 1. The highest BCUT2D eigenvalue weighted by Gasteiger charge is 2.18. The molecule has 100 valence electrons. The SMILES string of the molecule is CC1CCCC(CCNc2ncc(C(=O)O)s2)C1. The first-order valence-electron chi connectivity index (χ1n) is 6.58. The van der Waals surface area contributed by atoms with E-state index >= 15 is 0 Å². The molecule has 0 spiro atoms. The molecule has 0 saturated heterocycles. The first-order valence-corrected chi connectivity index (χ1v) is 7.40. The number of carboxylic acid groups (broad SMARTS) is 1. The molecule has 1 aliphatic carbocycles. The van der Waals surface area contributed by atoms with E-state index in [2.05, 4.69) is 17.2 Å². The van der Waals surface area contributed by atoms with Crippen LogP contribution in [0, 0.1) is 11.8 Å². The monoisotopic (exact) mass is 268 g/mol. The average Bonchev–Trinajstić information content (AvgIpc) is 2.78. The van der Waals surface area contributed by atoms with E-state index < -0.39 is 5.97 Å². The van der Waals surface area contributed by atoms with Crippen LogP contribution in [0.1, 0.15) is 48.7 Å². The van der Waals surface area contributed by atoms with E-state index in [0.29, 0.717) is 4.88 Å². The van der Waals surface area contributed by atoms with E-state index in [1.165, 1.54) is 43.2 Å². The van der Waals surface area contributed by atoms with Crippen molar-refractivity contribution in [3.63, 3.8) is 0 Å². The standard InChI is InChI=1S/C13H20N2O2S/c1-9-3-2-4-10(7-9)5-6-14-13-15-8-11(18-13)12(16)17/h8-10H,2-7H2,1H3,(H,14,15)(H,16,17). The van der Waals surface area contributed by atoms with Crippen LogP contribution in [0.25, 0.3) is 0 Å². The van der Waals surface area contributed by atoms with E-state index in [-0.39, 0.29) is 0 Å². The second-order valence-corrected chi connectivity index (χ2v) is 6.22. The van der Waals surface area contributed by atoms with Gasteiger partial charge in [-0.25, -0.2) is 9.78 Å². The number of aromatic nitrogens is 1. The lowest BCUT2D eigenvalue weighted by molar-refractivity contribution is 0.0702. The third-order valence-corrected chi connectivity index (χ3v) is 4.53. The van der Waals surface area contributed by atoms with E-state index in [9.17, 15) is 4.79 Å². The van der Waals surface area contributed by atoms with Gasteiger partial charge in [-0.2, -0.15) is 0 Å². The Morgan fingerprint density at radius 3 is 3.11 bits per heavy atom. The number of aromatic carboxylic acids is 1. The summed E-state index contributed by atoms with van der Waals surface area (Å²) in [6.07, 6.45) is 7.97. The van der Waals surface area contributed by atoms with E-state index in [4.69, 9.17) is 5.11 Å². The number of hydrogen-bond donors (Lipinski definition) is 2. The van der Waals surface area contributed by atoms with Gasteiger partial charge in [0.05, 0.1) is 6.20 Å². The van der Waals surface area contributed by atoms with Gasteiger partial charge in [-0.1, -0.05) is 37.5 Å². The Morgan fingerprint density at radius 2 is 2.44 bits per heavy atom. The van der Waals surface area contributed by atoms with Crippen LogP contribution in [0.3, 0.4) is 0 Å². The maximum absolute atomic E-state index is 10.7. The molecule has 18 heavy (non-hydrogen) atoms. The largest absolute Gasteiger partial charge is 0.477 e. The molecule has 1 heterocycles. The van der Waals surface area contributed by atoms with Gasteiger partial charge in [-0.05, 0) is 24.7 Å². The molecule has 2 rings (SSSR count). The molecule has 1 fully saturated rings. The van der Waals surface area contributed by atoms with Crippen LogP contribution < -0.4 is 5.32 Å². The summed E-state index contributed by atoms with van der Waals surface area (Å²) in [5, 5.41) is 12.7. The Labute approximate surface area is 111 Å². The highest BCUT2D eigenvalue weighted by atomic mass is 32.1. The zero-order chi connectivity index (χ0) is 13.0. The Balaban J connectivity index is 1.72. The smallest absolute Gasteiger partial charge is 0.347 e. The lowest BCUT2D eigenvalue weighted by Crippen LogP contribution is -2.16. The van der Waals surface area contributed by atoms with Gasteiger partial charge in [0.1, 0.15) is 4.88 Å². The molecule has 2 atom stereocenters. The molecular weight excluding hydrogens is 248 g/mol. The van der Waals surface area contributed by atoms with Crippen LogP contribution in [0.5, 0.6) is 0 Å². The van der Waals surface area contributed by atoms with Crippen molar-refractivity contribution in [2.24, 2.45) is 11.8 Å². The zero-order valence-corrected chi connectivity index (χ0v) is 11.5. The van der Waals surface area contributed by atoms with Crippen LogP contribution in [0.15, 0.2) is 6.20 Å². The fourth-order valence-corrected chi connectivity index (χ4v) is 3.34. The van der Waals surface area contributed by atoms with Crippen molar-refractivity contribution in [2.75, 3.05) is 11.9 Å². The van der Waals surface area contributed by atoms with Crippen LogP contribution in [-0.4, -0.2) is 22.6 Å². The number of nitrogens with zero attached hydrogens (tertiary/aromatic N) is 1. The normalized spacial score (nSPS) is 23.8. The first kappa shape index (κ1) is 13.3. The lowest BCUT2D eigenvalue weighted by Gasteiger charge is -2.26. The number of nitrogens with one attached hydrogen (secondary N) is 1. The minimum absolute atomic E-state index is 0.295. The van der Waals surface area contributed by atoms with E-state index in [0.717, 1.165) is 29.9 Å². The number of thiazole rings is 1. The molecule has 1 aromatic rings. The zero-order valence-electron chi connectivity index (χ0n) is 10.7. The fourth-order valence-electron chi connectivity index (χ4n) is 2.66. The highest BCUT2D eigenvalue weighted by molar-refractivity contribution is 7.17. The molecule has 0 aliphatic heterocycles. The molecule has 0 radical (unpaired) electrons. The molecule has 2 N–H and O–H groups in total. The summed E-state index contributed by atoms with van der Waals surface area (Å²) in [5.41, 5.74) is 0. The van der Waals surface area contributed by atoms with Gasteiger partial charge in [0, 0.05) is 6.54 Å². The third kappa shape index (κ3) is 3.70. The van der Waals surface area contributed by atoms with Crippen LogP contribution in [0.4, 0.5) is 5.13 Å². The molecule has 5 heteroatoms. The van der Waals surface area contributed by atoms with Crippen molar-refractivity contribution < 1.29 is 9.90 Å². The molecule has 2 unspecified atom stereocenters. The Morgan fingerprint density at radius 1 is 1.61 bits per heavy atom. The minimum atomic E-state index is -0.901. The van der Waals surface area contributed by atoms with Crippen LogP contribution >= 0.6 is 11.3 Å². The molecule has 0 amide bonds. The van der Waals surface area contributed by atoms with Gasteiger partial charge in [0.2, 0.25) is 0 Å².